The molecule has 2 aliphatic heterocycles. The van der Waals surface area contributed by atoms with Crippen molar-refractivity contribution in [1.82, 2.24) is 50.4 Å². The Labute approximate surface area is 349 Å². The lowest BCUT2D eigenvalue weighted by Gasteiger charge is -2.20. The van der Waals surface area contributed by atoms with Crippen LogP contribution in [0.2, 0.25) is 0 Å². The van der Waals surface area contributed by atoms with Gasteiger partial charge in [-0.1, -0.05) is 12.1 Å². The Morgan fingerprint density at radius 3 is 1.69 bits per heavy atom. The summed E-state index contributed by atoms with van der Waals surface area (Å²) in [7, 11) is -1.61. The molecular formula is C37H35F2N12O10P. The molecule has 2 saturated heterocycles. The zero-order valence-corrected chi connectivity index (χ0v) is 33.5. The van der Waals surface area contributed by atoms with Gasteiger partial charge in [0.1, 0.15) is 41.3 Å². The average molecular weight is 877 g/mol. The maximum absolute atomic E-state index is 15.3. The van der Waals surface area contributed by atoms with Crippen molar-refractivity contribution in [3.8, 4) is 45.3 Å². The number of nitrogens with zero attached hydrogens (tertiary/aromatic N) is 12. The third-order valence-electron chi connectivity index (χ3n) is 9.42. The van der Waals surface area contributed by atoms with Crippen molar-refractivity contribution in [2.45, 2.75) is 18.3 Å². The van der Waals surface area contributed by atoms with Crippen molar-refractivity contribution in [2.75, 3.05) is 49.3 Å². The van der Waals surface area contributed by atoms with Crippen LogP contribution >= 0.6 is 7.82 Å². The maximum atomic E-state index is 15.3. The number of phosphoric acid groups is 1. The number of aryl methyl sites for hydroxylation is 2. The Kier molecular flexibility index (Phi) is 12.0. The number of hydrogen-bond acceptors (Lipinski definition) is 17. The molecular weight excluding hydrogens is 841 g/mol. The van der Waals surface area contributed by atoms with Crippen molar-refractivity contribution < 1.29 is 56.2 Å². The van der Waals surface area contributed by atoms with Crippen LogP contribution in [0, 0.1) is 11.6 Å². The molecule has 0 aliphatic carbocycles. The summed E-state index contributed by atoms with van der Waals surface area (Å²) in [6, 6.07) is 14.9. The van der Waals surface area contributed by atoms with E-state index in [0.29, 0.717) is 34.2 Å². The Hall–Kier alpha value is -6.69. The molecule has 2 aromatic carbocycles. The molecule has 2 aliphatic rings. The largest absolute Gasteiger partial charge is 0.472 e. The van der Waals surface area contributed by atoms with Crippen LogP contribution in [0.15, 0.2) is 73.1 Å². The molecule has 0 spiro atoms. The summed E-state index contributed by atoms with van der Waals surface area (Å²) < 4.78 is 69.6. The zero-order valence-electron chi connectivity index (χ0n) is 32.6. The van der Waals surface area contributed by atoms with Gasteiger partial charge in [-0.15, -0.1) is 20.4 Å². The highest BCUT2D eigenvalue weighted by Crippen LogP contribution is 2.45. The lowest BCUT2D eigenvalue weighted by Crippen LogP contribution is -2.29. The standard InChI is InChI=1S/C37H35F2N12O10P/c1-48-44-34(42-46-48)32-9-3-21(13-40-32)28-7-5-23(11-30(28)38)50-15-25(59-36(50)53)18-57-19-27(17-52)61-62(55,56)58-20-26-16-51(37(54)60-26)24-6-8-29(31(39)12-24)22-4-10-33(41-14-22)35-43-47-49(2)45-35/h3-14,25-27,52H,15-20H2,1-2H3,(H,55,56)/t25-,26-,27?/m1/s1. The number of carbonyl (C=O) groups excluding carboxylic acids is 2. The number of aromatic nitrogens is 10. The summed E-state index contributed by atoms with van der Waals surface area (Å²) in [6.07, 6.45) is -1.85. The number of aliphatic hydroxyl groups is 1. The Morgan fingerprint density at radius 2 is 1.27 bits per heavy atom. The molecule has 6 aromatic rings. The highest BCUT2D eigenvalue weighted by atomic mass is 31.2. The molecule has 25 heteroatoms. The second kappa shape index (κ2) is 17.7. The molecule has 2 unspecified atom stereocenters. The molecule has 2 N–H and O–H groups in total. The highest BCUT2D eigenvalue weighted by Gasteiger charge is 2.37. The number of ether oxygens (including phenoxy) is 3. The van der Waals surface area contributed by atoms with Crippen LogP contribution in [0.5, 0.6) is 0 Å². The van der Waals surface area contributed by atoms with E-state index in [1.165, 1.54) is 51.2 Å². The number of pyridine rings is 2. The third-order valence-corrected chi connectivity index (χ3v) is 10.5. The number of aliphatic hydroxyl groups excluding tert-OH is 1. The fraction of sp³-hybridized carbons (Fsp3) is 0.297. The normalized spacial score (nSPS) is 17.9. The number of cyclic esters (lactones) is 2. The number of anilines is 2. The SMILES string of the molecule is Cn1nnc(-c2ccc(-c3ccc(N4C[C@H](COCC(CO)OP(=O)(O)OC[C@H]5CN(c6ccc(-c7ccc(-c8nnn(C)n8)nc7)c(F)c6)C(=O)O5)OC4=O)cc3F)cn2)n1. The van der Waals surface area contributed by atoms with Gasteiger partial charge in [-0.05, 0) is 59.0 Å². The first kappa shape index (κ1) is 42.0. The minimum atomic E-state index is -4.84. The second-order valence-electron chi connectivity index (χ2n) is 13.8. The number of phosphoric ester groups is 1. The molecule has 0 saturated carbocycles. The number of benzene rings is 2. The van der Waals surface area contributed by atoms with Gasteiger partial charge in [-0.3, -0.25) is 28.8 Å². The molecule has 2 fully saturated rings. The van der Waals surface area contributed by atoms with E-state index in [4.69, 9.17) is 23.3 Å². The maximum Gasteiger partial charge on any atom is 0.472 e. The van der Waals surface area contributed by atoms with Gasteiger partial charge < -0.3 is 24.2 Å². The van der Waals surface area contributed by atoms with E-state index in [9.17, 15) is 24.2 Å². The second-order valence-corrected chi connectivity index (χ2v) is 15.2. The van der Waals surface area contributed by atoms with E-state index in [1.54, 1.807) is 44.4 Å². The topological polar surface area (TPSA) is 257 Å². The monoisotopic (exact) mass is 876 g/mol. The van der Waals surface area contributed by atoms with Crippen LogP contribution in [0.4, 0.5) is 29.7 Å². The molecule has 6 heterocycles. The van der Waals surface area contributed by atoms with E-state index in [0.717, 1.165) is 11.0 Å². The molecule has 62 heavy (non-hydrogen) atoms. The van der Waals surface area contributed by atoms with Gasteiger partial charge in [-0.25, -0.2) is 22.9 Å². The lowest BCUT2D eigenvalue weighted by atomic mass is 10.1. The fourth-order valence-electron chi connectivity index (χ4n) is 6.44. The smallest absolute Gasteiger partial charge is 0.441 e. The van der Waals surface area contributed by atoms with Crippen molar-refractivity contribution in [1.29, 1.82) is 0 Å². The van der Waals surface area contributed by atoms with E-state index >= 15 is 8.78 Å². The van der Waals surface area contributed by atoms with Gasteiger partial charge in [0.15, 0.2) is 0 Å². The first-order chi connectivity index (χ1) is 29.8. The van der Waals surface area contributed by atoms with Crippen LogP contribution in [-0.2, 0) is 41.9 Å². The zero-order chi connectivity index (χ0) is 43.5. The quantitative estimate of drug-likeness (QED) is 0.132. The number of carbonyl (C=O) groups is 2. The molecule has 2 amide bonds. The van der Waals surface area contributed by atoms with E-state index in [-0.39, 0.29) is 42.2 Å². The molecule has 4 atom stereocenters. The van der Waals surface area contributed by atoms with Gasteiger partial charge in [0.25, 0.3) is 0 Å². The third kappa shape index (κ3) is 9.44. The molecule has 8 rings (SSSR count). The first-order valence-corrected chi connectivity index (χ1v) is 20.1. The molecule has 322 valence electrons. The lowest BCUT2D eigenvalue weighted by molar-refractivity contribution is -0.0239. The Morgan fingerprint density at radius 1 is 0.774 bits per heavy atom. The summed E-state index contributed by atoms with van der Waals surface area (Å²) in [6.45, 7) is -2.08. The Bertz CT molecular complexity index is 2640. The van der Waals surface area contributed by atoms with Crippen molar-refractivity contribution in [3.05, 3.63) is 84.7 Å². The van der Waals surface area contributed by atoms with Gasteiger partial charge in [0, 0.05) is 34.6 Å². The van der Waals surface area contributed by atoms with Crippen molar-refractivity contribution in [2.24, 2.45) is 14.1 Å². The van der Waals surface area contributed by atoms with E-state index in [1.807, 2.05) is 0 Å². The summed E-state index contributed by atoms with van der Waals surface area (Å²) in [5.74, 6) is -0.631. The number of rotatable bonds is 16. The van der Waals surface area contributed by atoms with E-state index < -0.39 is 69.8 Å². The number of halogens is 2. The van der Waals surface area contributed by atoms with Crippen LogP contribution in [-0.4, -0.2) is 130 Å². The fourth-order valence-corrected chi connectivity index (χ4v) is 7.36. The van der Waals surface area contributed by atoms with Gasteiger partial charge in [-0.2, -0.15) is 9.59 Å². The van der Waals surface area contributed by atoms with Crippen molar-refractivity contribution in [3.63, 3.8) is 0 Å². The number of hydrogen-bond donors (Lipinski definition) is 2. The van der Waals surface area contributed by atoms with Gasteiger partial charge in [0.2, 0.25) is 11.6 Å². The molecule has 0 radical (unpaired) electrons. The van der Waals surface area contributed by atoms with Crippen molar-refractivity contribution >= 4 is 31.4 Å². The van der Waals surface area contributed by atoms with Gasteiger partial charge >= 0.3 is 20.0 Å². The summed E-state index contributed by atoms with van der Waals surface area (Å²) in [4.78, 5) is 49.2. The summed E-state index contributed by atoms with van der Waals surface area (Å²) in [5.41, 5.74) is 2.71. The molecule has 22 nitrogen and oxygen atoms in total. The number of tetrazole rings is 2. The average Bonchev–Trinajstić information content (AvgIpc) is 4.07. The predicted molar refractivity (Wildman–Crippen MR) is 209 cm³/mol. The van der Waals surface area contributed by atoms with Crippen LogP contribution in [0.1, 0.15) is 0 Å². The van der Waals surface area contributed by atoms with Gasteiger partial charge in [0.05, 0.1) is 65.0 Å². The first-order valence-electron chi connectivity index (χ1n) is 18.6. The molecule has 0 bridgehead atoms. The minimum absolute atomic E-state index is 0.00591. The highest BCUT2D eigenvalue weighted by molar-refractivity contribution is 7.47. The van der Waals surface area contributed by atoms with Crippen LogP contribution in [0.3, 0.4) is 0 Å². The Balaban J connectivity index is 0.784. The summed E-state index contributed by atoms with van der Waals surface area (Å²) >= 11 is 0. The molecule has 4 aromatic heterocycles. The predicted octanol–water partition coefficient (Wildman–Crippen LogP) is 3.33. The minimum Gasteiger partial charge on any atom is -0.441 e. The number of amides is 2. The summed E-state index contributed by atoms with van der Waals surface area (Å²) in [5, 5.41) is 33.3. The van der Waals surface area contributed by atoms with E-state index in [2.05, 4.69) is 40.8 Å². The van der Waals surface area contributed by atoms with Crippen LogP contribution in [0.25, 0.3) is 45.3 Å². The van der Waals surface area contributed by atoms with Crippen LogP contribution < -0.4 is 9.80 Å².